The van der Waals surface area contributed by atoms with Crippen molar-refractivity contribution in [1.82, 2.24) is 5.32 Å². The van der Waals surface area contributed by atoms with Gasteiger partial charge in [0, 0.05) is 11.8 Å². The minimum atomic E-state index is -4.06. The van der Waals surface area contributed by atoms with Gasteiger partial charge in [0.2, 0.25) is 0 Å². The zero-order valence-corrected chi connectivity index (χ0v) is 7.97. The van der Waals surface area contributed by atoms with Crippen molar-refractivity contribution in [3.63, 3.8) is 0 Å². The van der Waals surface area contributed by atoms with Gasteiger partial charge in [0.15, 0.2) is 0 Å². The van der Waals surface area contributed by atoms with Gasteiger partial charge < -0.3 is 0 Å². The van der Waals surface area contributed by atoms with Gasteiger partial charge in [0.25, 0.3) is 0 Å². The molecule has 2 rings (SSSR count). The van der Waals surface area contributed by atoms with E-state index in [-0.39, 0.29) is 18.9 Å². The monoisotopic (exact) mass is 211 g/mol. The molecule has 0 spiro atoms. The van der Waals surface area contributed by atoms with Crippen molar-refractivity contribution < 1.29 is 13.2 Å². The van der Waals surface area contributed by atoms with Gasteiger partial charge in [0.05, 0.1) is 0 Å². The minimum Gasteiger partial charge on any atom is -0.300 e. The molecule has 0 aromatic carbocycles. The van der Waals surface area contributed by atoms with Gasteiger partial charge in [-0.15, -0.1) is 0 Å². The smallest absolute Gasteiger partial charge is 0.300 e. The van der Waals surface area contributed by atoms with E-state index in [0.29, 0.717) is 0 Å². The Labute approximate surface area is 79.5 Å². The number of thioether (sulfide) groups is 1. The lowest BCUT2D eigenvalue weighted by Gasteiger charge is -2.24. The van der Waals surface area contributed by atoms with Crippen LogP contribution in [0.1, 0.15) is 19.3 Å². The lowest BCUT2D eigenvalue weighted by molar-refractivity contribution is -0.167. The maximum Gasteiger partial charge on any atom is 0.406 e. The highest BCUT2D eigenvalue weighted by Gasteiger charge is 2.63. The number of alkyl halides is 3. The second kappa shape index (κ2) is 3.05. The molecular formula is C8H12F3NS. The van der Waals surface area contributed by atoms with Crippen LogP contribution >= 0.6 is 11.8 Å². The number of halogens is 3. The molecule has 1 aliphatic carbocycles. The fraction of sp³-hybridized carbons (Fsp3) is 1.00. The summed E-state index contributed by atoms with van der Waals surface area (Å²) >= 11 is 1.73. The number of hydrogen-bond acceptors (Lipinski definition) is 2. The molecule has 1 aliphatic heterocycles. The quantitative estimate of drug-likeness (QED) is 0.751. The standard InChI is InChI=1S/C8H12F3NS/c9-8(10,11)7(2-3-7)12-6-1-4-13-5-6/h6,12H,1-5H2. The van der Waals surface area contributed by atoms with Crippen LogP contribution < -0.4 is 5.32 Å². The fourth-order valence-electron chi connectivity index (χ4n) is 1.67. The lowest BCUT2D eigenvalue weighted by atomic mass is 10.2. The Hall–Kier alpha value is 0.100. The molecule has 1 atom stereocenters. The third-order valence-corrected chi connectivity index (χ3v) is 3.87. The maximum atomic E-state index is 12.5. The fourth-order valence-corrected chi connectivity index (χ4v) is 2.83. The summed E-state index contributed by atoms with van der Waals surface area (Å²) in [5.41, 5.74) is -1.51. The van der Waals surface area contributed by atoms with E-state index in [1.54, 1.807) is 11.8 Å². The molecule has 1 saturated heterocycles. The SMILES string of the molecule is FC(F)(F)C1(NC2CCSC2)CC1. The molecule has 0 amide bonds. The molecule has 1 heterocycles. The van der Waals surface area contributed by atoms with Crippen molar-refractivity contribution in [3.05, 3.63) is 0 Å². The van der Waals surface area contributed by atoms with Crippen LogP contribution in [0.15, 0.2) is 0 Å². The normalized spacial score (nSPS) is 32.1. The van der Waals surface area contributed by atoms with Gasteiger partial charge in [-0.25, -0.2) is 0 Å². The van der Waals surface area contributed by atoms with Gasteiger partial charge in [-0.1, -0.05) is 0 Å². The zero-order chi connectivity index (χ0) is 9.53. The lowest BCUT2D eigenvalue weighted by Crippen LogP contribution is -2.49. The highest BCUT2D eigenvalue weighted by molar-refractivity contribution is 7.99. The van der Waals surface area contributed by atoms with E-state index >= 15 is 0 Å². The molecule has 76 valence electrons. The number of rotatable bonds is 2. The van der Waals surface area contributed by atoms with Crippen LogP contribution in [0.25, 0.3) is 0 Å². The molecule has 1 nitrogen and oxygen atoms in total. The second-order valence-electron chi connectivity index (χ2n) is 3.78. The predicted molar refractivity (Wildman–Crippen MR) is 46.9 cm³/mol. The Morgan fingerprint density at radius 1 is 1.31 bits per heavy atom. The summed E-state index contributed by atoms with van der Waals surface area (Å²) in [7, 11) is 0. The third kappa shape index (κ3) is 1.81. The van der Waals surface area contributed by atoms with E-state index in [1.165, 1.54) is 0 Å². The highest BCUT2D eigenvalue weighted by Crippen LogP contribution is 2.49. The van der Waals surface area contributed by atoms with Gasteiger partial charge in [-0.05, 0) is 25.0 Å². The predicted octanol–water partition coefficient (Wildman–Crippen LogP) is 2.18. The molecule has 1 saturated carbocycles. The second-order valence-corrected chi connectivity index (χ2v) is 4.93. The molecule has 13 heavy (non-hydrogen) atoms. The first-order valence-electron chi connectivity index (χ1n) is 4.46. The molecule has 0 bridgehead atoms. The summed E-state index contributed by atoms with van der Waals surface area (Å²) in [6.45, 7) is 0. The van der Waals surface area contributed by atoms with Gasteiger partial charge in [-0.2, -0.15) is 24.9 Å². The first-order chi connectivity index (χ1) is 6.04. The van der Waals surface area contributed by atoms with Crippen molar-refractivity contribution in [1.29, 1.82) is 0 Å². The van der Waals surface area contributed by atoms with E-state index in [0.717, 1.165) is 17.9 Å². The number of nitrogens with one attached hydrogen (secondary N) is 1. The summed E-state index contributed by atoms with van der Waals surface area (Å²) in [5, 5.41) is 2.76. The van der Waals surface area contributed by atoms with Crippen molar-refractivity contribution in [2.75, 3.05) is 11.5 Å². The van der Waals surface area contributed by atoms with Crippen molar-refractivity contribution in [2.45, 2.75) is 37.0 Å². The van der Waals surface area contributed by atoms with Crippen molar-refractivity contribution in [2.24, 2.45) is 0 Å². The van der Waals surface area contributed by atoms with Crippen LogP contribution in [0.5, 0.6) is 0 Å². The van der Waals surface area contributed by atoms with E-state index in [1.807, 2.05) is 0 Å². The van der Waals surface area contributed by atoms with Crippen molar-refractivity contribution >= 4 is 11.8 Å². The van der Waals surface area contributed by atoms with Crippen LogP contribution in [0.3, 0.4) is 0 Å². The topological polar surface area (TPSA) is 12.0 Å². The molecule has 0 aromatic rings. The van der Waals surface area contributed by atoms with E-state index in [4.69, 9.17) is 0 Å². The first kappa shape index (κ1) is 9.65. The Balaban J connectivity index is 1.93. The third-order valence-electron chi connectivity index (χ3n) is 2.70. The summed E-state index contributed by atoms with van der Waals surface area (Å²) in [6, 6.07) is 0.0779. The highest BCUT2D eigenvalue weighted by atomic mass is 32.2. The summed E-state index contributed by atoms with van der Waals surface area (Å²) in [5.74, 6) is 1.82. The zero-order valence-electron chi connectivity index (χ0n) is 7.16. The Bertz CT molecular complexity index is 194. The summed E-state index contributed by atoms with van der Waals surface area (Å²) in [4.78, 5) is 0. The average Bonchev–Trinajstić information content (AvgIpc) is 2.59. The minimum absolute atomic E-state index is 0.0779. The van der Waals surface area contributed by atoms with Crippen LogP contribution in [-0.4, -0.2) is 29.3 Å². The molecule has 2 aliphatic rings. The molecule has 1 N–H and O–H groups in total. The molecule has 0 radical (unpaired) electrons. The largest absolute Gasteiger partial charge is 0.406 e. The first-order valence-corrected chi connectivity index (χ1v) is 5.61. The molecule has 2 fully saturated rings. The van der Waals surface area contributed by atoms with Crippen LogP contribution in [0.4, 0.5) is 13.2 Å². The van der Waals surface area contributed by atoms with Gasteiger partial charge in [-0.3, -0.25) is 5.32 Å². The molecule has 0 aromatic heterocycles. The van der Waals surface area contributed by atoms with Crippen LogP contribution in [-0.2, 0) is 0 Å². The van der Waals surface area contributed by atoms with E-state index in [2.05, 4.69) is 5.32 Å². The Kier molecular flexibility index (Phi) is 2.27. The van der Waals surface area contributed by atoms with Gasteiger partial charge in [0.1, 0.15) is 5.54 Å². The molecule has 1 unspecified atom stereocenters. The van der Waals surface area contributed by atoms with Crippen LogP contribution in [0.2, 0.25) is 0 Å². The molecule has 5 heteroatoms. The Morgan fingerprint density at radius 2 is 2.00 bits per heavy atom. The Morgan fingerprint density at radius 3 is 2.38 bits per heavy atom. The number of hydrogen-bond donors (Lipinski definition) is 1. The van der Waals surface area contributed by atoms with Gasteiger partial charge >= 0.3 is 6.18 Å². The summed E-state index contributed by atoms with van der Waals surface area (Å²) in [6.07, 6.45) is -2.65. The maximum absolute atomic E-state index is 12.5. The van der Waals surface area contributed by atoms with Crippen LogP contribution in [0, 0.1) is 0 Å². The van der Waals surface area contributed by atoms with E-state index < -0.39 is 11.7 Å². The summed E-state index contributed by atoms with van der Waals surface area (Å²) < 4.78 is 37.4. The van der Waals surface area contributed by atoms with E-state index in [9.17, 15) is 13.2 Å². The van der Waals surface area contributed by atoms with Crippen molar-refractivity contribution in [3.8, 4) is 0 Å². The average molecular weight is 211 g/mol. The molecular weight excluding hydrogens is 199 g/mol.